The summed E-state index contributed by atoms with van der Waals surface area (Å²) in [4.78, 5) is 76.2. The summed E-state index contributed by atoms with van der Waals surface area (Å²) in [5, 5.41) is 7.73. The minimum Gasteiger partial charge on any atom is -0.459 e. The Labute approximate surface area is 238 Å². The van der Waals surface area contributed by atoms with E-state index < -0.39 is 48.2 Å². The summed E-state index contributed by atoms with van der Waals surface area (Å²) in [6.45, 7) is -0.386. The minimum absolute atomic E-state index is 0.00626. The maximum atomic E-state index is 13.4. The average Bonchev–Trinajstić information content (AvgIpc) is 3.45. The number of ether oxygens (including phenoxy) is 1. The molecule has 2 N–H and O–H groups in total. The first-order chi connectivity index (χ1) is 19.2. The van der Waals surface area contributed by atoms with Crippen LogP contribution in [0.4, 0.5) is 0 Å². The quantitative estimate of drug-likeness (QED) is 0.419. The van der Waals surface area contributed by atoms with Crippen LogP contribution in [0.25, 0.3) is 0 Å². The molecule has 40 heavy (non-hydrogen) atoms. The van der Waals surface area contributed by atoms with Gasteiger partial charge in [-0.3, -0.25) is 29.0 Å². The van der Waals surface area contributed by atoms with E-state index in [0.29, 0.717) is 6.42 Å². The van der Waals surface area contributed by atoms with Crippen LogP contribution in [0.5, 0.6) is 0 Å². The number of fused-ring (bicyclic) bond motifs is 1. The van der Waals surface area contributed by atoms with Gasteiger partial charge in [0, 0.05) is 25.9 Å². The van der Waals surface area contributed by atoms with E-state index in [1.165, 1.54) is 35.5 Å². The second-order valence-corrected chi connectivity index (χ2v) is 9.97. The van der Waals surface area contributed by atoms with E-state index in [-0.39, 0.29) is 66.0 Å². The Morgan fingerprint density at radius 1 is 1.05 bits per heavy atom. The normalized spacial score (nSPS) is 18.9. The maximum Gasteiger partial charge on any atom is 0.341 e. The van der Waals surface area contributed by atoms with Crippen molar-refractivity contribution in [3.05, 3.63) is 58.0 Å². The summed E-state index contributed by atoms with van der Waals surface area (Å²) in [6.07, 6.45) is 2.01. The molecule has 2 fully saturated rings. The van der Waals surface area contributed by atoms with Crippen molar-refractivity contribution in [3.63, 3.8) is 0 Å². The van der Waals surface area contributed by atoms with Crippen LogP contribution in [-0.4, -0.2) is 77.2 Å². The third-order valence-electron chi connectivity index (χ3n) is 6.45. The molecule has 212 valence electrons. The summed E-state index contributed by atoms with van der Waals surface area (Å²) >= 11 is 11.9. The molecule has 12 nitrogen and oxygen atoms in total. The number of halogens is 2. The molecule has 1 aromatic heterocycles. The molecule has 0 aliphatic carbocycles. The summed E-state index contributed by atoms with van der Waals surface area (Å²) in [7, 11) is 0. The van der Waals surface area contributed by atoms with Gasteiger partial charge in [0.15, 0.2) is 11.5 Å². The smallest absolute Gasteiger partial charge is 0.341 e. The fourth-order valence-electron chi connectivity index (χ4n) is 4.47. The van der Waals surface area contributed by atoms with Crippen molar-refractivity contribution in [1.29, 1.82) is 0 Å². The van der Waals surface area contributed by atoms with Crippen molar-refractivity contribution in [1.82, 2.24) is 20.7 Å². The Hall–Kier alpha value is -3.90. The number of carbonyl (C=O) groups is 6. The number of Topliss-reactive ketones (excluding diaryl/α,β-unsaturated/α-hetero) is 1. The Bertz CT molecular complexity index is 1300. The van der Waals surface area contributed by atoms with E-state index in [2.05, 4.69) is 10.6 Å². The largest absolute Gasteiger partial charge is 0.459 e. The molecule has 0 bridgehead atoms. The van der Waals surface area contributed by atoms with Gasteiger partial charge in [-0.05, 0) is 43.5 Å². The molecule has 2 saturated heterocycles. The third kappa shape index (κ3) is 6.62. The van der Waals surface area contributed by atoms with Crippen LogP contribution < -0.4 is 10.6 Å². The van der Waals surface area contributed by atoms with Gasteiger partial charge in [0.05, 0.1) is 21.9 Å². The molecule has 2 aromatic rings. The SMILES string of the molecule is O=C(CCNC(=O)[C@@H]1CCCN2C(=O)CCC(NC(=O)c3ccco3)C(=O)N12)COC(=O)c1c(Cl)cccc1Cl. The van der Waals surface area contributed by atoms with E-state index in [4.69, 9.17) is 32.4 Å². The summed E-state index contributed by atoms with van der Waals surface area (Å²) in [5.74, 6) is -3.41. The van der Waals surface area contributed by atoms with Gasteiger partial charge < -0.3 is 19.8 Å². The van der Waals surface area contributed by atoms with E-state index in [0.717, 1.165) is 5.01 Å². The number of ketones is 1. The highest BCUT2D eigenvalue weighted by Gasteiger charge is 2.44. The topological polar surface area (TPSA) is 155 Å². The summed E-state index contributed by atoms with van der Waals surface area (Å²) in [5.41, 5.74) is -0.0518. The number of hydrogen-bond donors (Lipinski definition) is 2. The fraction of sp³-hybridized carbons (Fsp3) is 0.385. The lowest BCUT2D eigenvalue weighted by molar-refractivity contribution is -0.176. The van der Waals surface area contributed by atoms with Crippen LogP contribution in [0.2, 0.25) is 10.0 Å². The molecule has 4 rings (SSSR count). The standard InChI is InChI=1S/C26H26Cl2N4O8/c27-16-4-1-5-17(28)22(16)26(38)40-14-15(33)10-11-29-23(35)19-6-2-12-31-21(34)9-8-18(25(37)32(19)31)30-24(36)20-7-3-13-39-20/h1,3-5,7,13,18-19H,2,6,8-12,14H2,(H,29,35)(H,30,36)/t18?,19-/m0/s1. The summed E-state index contributed by atoms with van der Waals surface area (Å²) in [6, 6.07) is 5.41. The Morgan fingerprint density at radius 2 is 1.80 bits per heavy atom. The van der Waals surface area contributed by atoms with E-state index in [1.54, 1.807) is 6.07 Å². The van der Waals surface area contributed by atoms with E-state index in [1.807, 2.05) is 0 Å². The molecular formula is C26H26Cl2N4O8. The van der Waals surface area contributed by atoms with Crippen molar-refractivity contribution in [2.45, 2.75) is 44.2 Å². The Morgan fingerprint density at radius 3 is 2.50 bits per heavy atom. The molecule has 0 spiro atoms. The molecular weight excluding hydrogens is 567 g/mol. The lowest BCUT2D eigenvalue weighted by Crippen LogP contribution is -2.63. The van der Waals surface area contributed by atoms with Crippen LogP contribution >= 0.6 is 23.2 Å². The highest BCUT2D eigenvalue weighted by Crippen LogP contribution is 2.26. The van der Waals surface area contributed by atoms with Crippen LogP contribution in [0.3, 0.4) is 0 Å². The van der Waals surface area contributed by atoms with Gasteiger partial charge in [-0.15, -0.1) is 0 Å². The number of rotatable bonds is 9. The molecule has 1 unspecified atom stereocenters. The van der Waals surface area contributed by atoms with Gasteiger partial charge in [-0.25, -0.2) is 9.80 Å². The first kappa shape index (κ1) is 29.1. The van der Waals surface area contributed by atoms with Gasteiger partial charge in [0.25, 0.3) is 11.8 Å². The lowest BCUT2D eigenvalue weighted by Gasteiger charge is -2.42. The number of carbonyl (C=O) groups excluding carboxylic acids is 6. The lowest BCUT2D eigenvalue weighted by atomic mass is 10.1. The zero-order chi connectivity index (χ0) is 28.8. The number of furan rings is 1. The monoisotopic (exact) mass is 592 g/mol. The predicted molar refractivity (Wildman–Crippen MR) is 140 cm³/mol. The van der Waals surface area contributed by atoms with Gasteiger partial charge in [-0.2, -0.15) is 0 Å². The average molecular weight is 593 g/mol. The Balaban J connectivity index is 1.32. The van der Waals surface area contributed by atoms with Crippen LogP contribution in [0, 0.1) is 0 Å². The van der Waals surface area contributed by atoms with Gasteiger partial charge in [0.2, 0.25) is 11.8 Å². The molecule has 2 aliphatic heterocycles. The molecule has 14 heteroatoms. The fourth-order valence-corrected chi connectivity index (χ4v) is 5.02. The first-order valence-electron chi connectivity index (χ1n) is 12.6. The highest BCUT2D eigenvalue weighted by atomic mass is 35.5. The van der Waals surface area contributed by atoms with Crippen LogP contribution in [0.15, 0.2) is 41.0 Å². The highest BCUT2D eigenvalue weighted by molar-refractivity contribution is 6.39. The molecule has 2 atom stereocenters. The predicted octanol–water partition coefficient (Wildman–Crippen LogP) is 2.15. The maximum absolute atomic E-state index is 13.4. The number of nitrogens with one attached hydrogen (secondary N) is 2. The molecule has 3 heterocycles. The number of nitrogens with zero attached hydrogens (tertiary/aromatic N) is 2. The van der Waals surface area contributed by atoms with Gasteiger partial charge in [0.1, 0.15) is 18.7 Å². The molecule has 0 radical (unpaired) electrons. The van der Waals surface area contributed by atoms with E-state index >= 15 is 0 Å². The van der Waals surface area contributed by atoms with Crippen molar-refractivity contribution in [2.75, 3.05) is 19.7 Å². The number of hydrazine groups is 1. The van der Waals surface area contributed by atoms with Gasteiger partial charge >= 0.3 is 5.97 Å². The van der Waals surface area contributed by atoms with Gasteiger partial charge in [-0.1, -0.05) is 29.3 Å². The van der Waals surface area contributed by atoms with Crippen molar-refractivity contribution < 1.29 is 37.9 Å². The van der Waals surface area contributed by atoms with Crippen molar-refractivity contribution in [3.8, 4) is 0 Å². The minimum atomic E-state index is -1.04. The molecule has 0 saturated carbocycles. The second kappa shape index (κ2) is 13.0. The molecule has 1 aromatic carbocycles. The van der Waals surface area contributed by atoms with Crippen molar-refractivity contribution >= 4 is 58.6 Å². The second-order valence-electron chi connectivity index (χ2n) is 9.15. The first-order valence-corrected chi connectivity index (χ1v) is 13.3. The number of esters is 1. The van der Waals surface area contributed by atoms with Crippen LogP contribution in [0.1, 0.15) is 53.0 Å². The zero-order valence-electron chi connectivity index (χ0n) is 21.2. The number of benzene rings is 1. The molecule has 2 aliphatic rings. The van der Waals surface area contributed by atoms with Crippen molar-refractivity contribution in [2.24, 2.45) is 0 Å². The van der Waals surface area contributed by atoms with Crippen LogP contribution in [-0.2, 0) is 23.9 Å². The molecule has 4 amide bonds. The number of amides is 4. The third-order valence-corrected chi connectivity index (χ3v) is 7.08. The van der Waals surface area contributed by atoms with E-state index in [9.17, 15) is 28.8 Å². The Kier molecular flexibility index (Phi) is 9.43. The zero-order valence-corrected chi connectivity index (χ0v) is 22.7. The number of hydrogen-bond acceptors (Lipinski definition) is 8. The summed E-state index contributed by atoms with van der Waals surface area (Å²) < 4.78 is 10.1.